The van der Waals surface area contributed by atoms with E-state index in [9.17, 15) is 4.79 Å². The van der Waals surface area contributed by atoms with Crippen molar-refractivity contribution in [2.75, 3.05) is 13.2 Å². The third-order valence-corrected chi connectivity index (χ3v) is 2.16. The molecule has 0 saturated carbocycles. The predicted octanol–water partition coefficient (Wildman–Crippen LogP) is 2.79. The Labute approximate surface area is 111 Å². The highest BCUT2D eigenvalue weighted by Crippen LogP contribution is 2.09. The second-order valence-corrected chi connectivity index (χ2v) is 5.97. The third-order valence-electron chi connectivity index (χ3n) is 2.16. The fourth-order valence-electron chi connectivity index (χ4n) is 1.08. The van der Waals surface area contributed by atoms with Gasteiger partial charge in [-0.15, -0.1) is 0 Å². The Morgan fingerprint density at radius 1 is 1.00 bits per heavy atom. The SMILES string of the molecule is CC(COC(C)(C)C)OCC(C)OC(=O)C(C)C. The number of ether oxygens (including phenoxy) is 3. The number of hydrogen-bond acceptors (Lipinski definition) is 4. The molecule has 0 aromatic heterocycles. The van der Waals surface area contributed by atoms with Crippen LogP contribution in [0.2, 0.25) is 0 Å². The zero-order valence-electron chi connectivity index (χ0n) is 12.8. The molecule has 0 aliphatic rings. The molecule has 0 spiro atoms. The van der Waals surface area contributed by atoms with Crippen molar-refractivity contribution in [2.24, 2.45) is 5.92 Å². The summed E-state index contributed by atoms with van der Waals surface area (Å²) in [5.74, 6) is -0.293. The molecule has 108 valence electrons. The molecule has 4 nitrogen and oxygen atoms in total. The summed E-state index contributed by atoms with van der Waals surface area (Å²) in [4.78, 5) is 11.4. The van der Waals surface area contributed by atoms with Crippen molar-refractivity contribution in [3.63, 3.8) is 0 Å². The molecule has 0 bridgehead atoms. The molecule has 0 N–H and O–H groups in total. The Balaban J connectivity index is 3.78. The average Bonchev–Trinajstić information content (AvgIpc) is 2.22. The van der Waals surface area contributed by atoms with Gasteiger partial charge in [-0.25, -0.2) is 0 Å². The predicted molar refractivity (Wildman–Crippen MR) is 71.5 cm³/mol. The van der Waals surface area contributed by atoms with Crippen LogP contribution < -0.4 is 0 Å². The van der Waals surface area contributed by atoms with Crippen LogP contribution in [0.1, 0.15) is 48.5 Å². The van der Waals surface area contributed by atoms with Crippen molar-refractivity contribution in [1.82, 2.24) is 0 Å². The molecule has 0 amide bonds. The summed E-state index contributed by atoms with van der Waals surface area (Å²) in [7, 11) is 0. The van der Waals surface area contributed by atoms with Crippen LogP contribution in [0.5, 0.6) is 0 Å². The fourth-order valence-corrected chi connectivity index (χ4v) is 1.08. The summed E-state index contributed by atoms with van der Waals surface area (Å²) in [6, 6.07) is 0. The summed E-state index contributed by atoms with van der Waals surface area (Å²) in [6.45, 7) is 14.4. The maximum atomic E-state index is 11.4. The Bertz CT molecular complexity index is 243. The number of rotatable bonds is 7. The minimum Gasteiger partial charge on any atom is -0.460 e. The lowest BCUT2D eigenvalue weighted by molar-refractivity contribution is -0.157. The van der Waals surface area contributed by atoms with Crippen LogP contribution in [0.3, 0.4) is 0 Å². The van der Waals surface area contributed by atoms with Gasteiger partial charge in [-0.3, -0.25) is 4.79 Å². The van der Waals surface area contributed by atoms with Crippen LogP contribution in [0.25, 0.3) is 0 Å². The molecule has 0 fully saturated rings. The molecule has 0 rings (SSSR count). The van der Waals surface area contributed by atoms with Crippen molar-refractivity contribution in [1.29, 1.82) is 0 Å². The highest BCUT2D eigenvalue weighted by molar-refractivity contribution is 5.71. The van der Waals surface area contributed by atoms with Gasteiger partial charge in [0, 0.05) is 0 Å². The molecule has 2 atom stereocenters. The smallest absolute Gasteiger partial charge is 0.308 e. The van der Waals surface area contributed by atoms with Crippen molar-refractivity contribution in [3.8, 4) is 0 Å². The zero-order valence-corrected chi connectivity index (χ0v) is 12.8. The van der Waals surface area contributed by atoms with Crippen LogP contribution in [0, 0.1) is 5.92 Å². The minimum absolute atomic E-state index is 0.00979. The van der Waals surface area contributed by atoms with Crippen LogP contribution >= 0.6 is 0 Å². The van der Waals surface area contributed by atoms with Crippen molar-refractivity contribution < 1.29 is 19.0 Å². The second-order valence-electron chi connectivity index (χ2n) is 5.97. The van der Waals surface area contributed by atoms with Gasteiger partial charge in [-0.05, 0) is 34.6 Å². The van der Waals surface area contributed by atoms with E-state index in [0.717, 1.165) is 0 Å². The summed E-state index contributed by atoms with van der Waals surface area (Å²) in [6.07, 6.45) is -0.235. The lowest BCUT2D eigenvalue weighted by Gasteiger charge is -2.23. The Morgan fingerprint density at radius 3 is 2.00 bits per heavy atom. The van der Waals surface area contributed by atoms with Gasteiger partial charge in [0.15, 0.2) is 0 Å². The number of esters is 1. The molecule has 0 aliphatic carbocycles. The van der Waals surface area contributed by atoms with Gasteiger partial charge < -0.3 is 14.2 Å². The lowest BCUT2D eigenvalue weighted by atomic mass is 10.2. The Hall–Kier alpha value is -0.610. The monoisotopic (exact) mass is 260 g/mol. The highest BCUT2D eigenvalue weighted by atomic mass is 16.6. The zero-order chi connectivity index (χ0) is 14.3. The van der Waals surface area contributed by atoms with E-state index >= 15 is 0 Å². The van der Waals surface area contributed by atoms with E-state index in [1.54, 1.807) is 0 Å². The van der Waals surface area contributed by atoms with Gasteiger partial charge in [-0.2, -0.15) is 0 Å². The molecule has 0 aromatic rings. The summed E-state index contributed by atoms with van der Waals surface area (Å²) >= 11 is 0. The quantitative estimate of drug-likeness (QED) is 0.660. The first kappa shape index (κ1) is 17.4. The fraction of sp³-hybridized carbons (Fsp3) is 0.929. The molecule has 18 heavy (non-hydrogen) atoms. The van der Waals surface area contributed by atoms with E-state index in [1.807, 2.05) is 48.5 Å². The van der Waals surface area contributed by atoms with Gasteiger partial charge in [0.05, 0.1) is 30.8 Å². The van der Waals surface area contributed by atoms with Gasteiger partial charge in [0.2, 0.25) is 0 Å². The van der Waals surface area contributed by atoms with Crippen LogP contribution in [0.4, 0.5) is 0 Å². The molecule has 0 aromatic carbocycles. The first-order chi connectivity index (χ1) is 8.11. The average molecular weight is 260 g/mol. The van der Waals surface area contributed by atoms with Gasteiger partial charge in [0.1, 0.15) is 6.10 Å². The van der Waals surface area contributed by atoms with Crippen LogP contribution in [0.15, 0.2) is 0 Å². The van der Waals surface area contributed by atoms with E-state index in [1.165, 1.54) is 0 Å². The van der Waals surface area contributed by atoms with Gasteiger partial charge >= 0.3 is 5.97 Å². The number of hydrogen-bond donors (Lipinski definition) is 0. The van der Waals surface area contributed by atoms with Crippen LogP contribution in [-0.4, -0.2) is 37.0 Å². The highest BCUT2D eigenvalue weighted by Gasteiger charge is 2.16. The topological polar surface area (TPSA) is 44.8 Å². The van der Waals surface area contributed by atoms with Gasteiger partial charge in [0.25, 0.3) is 0 Å². The van der Waals surface area contributed by atoms with Crippen molar-refractivity contribution in [3.05, 3.63) is 0 Å². The third kappa shape index (κ3) is 9.42. The molecular formula is C14H28O4. The Kier molecular flexibility index (Phi) is 7.48. The Morgan fingerprint density at radius 2 is 1.56 bits per heavy atom. The van der Waals surface area contributed by atoms with Gasteiger partial charge in [-0.1, -0.05) is 13.8 Å². The van der Waals surface area contributed by atoms with Crippen molar-refractivity contribution in [2.45, 2.75) is 66.3 Å². The number of carbonyl (C=O) groups is 1. The van der Waals surface area contributed by atoms with Crippen molar-refractivity contribution >= 4 is 5.97 Å². The first-order valence-electron chi connectivity index (χ1n) is 6.58. The second kappa shape index (κ2) is 7.74. The first-order valence-corrected chi connectivity index (χ1v) is 6.58. The van der Waals surface area contributed by atoms with E-state index in [0.29, 0.717) is 13.2 Å². The summed E-state index contributed by atoms with van der Waals surface area (Å²) in [5, 5.41) is 0. The molecular weight excluding hydrogens is 232 g/mol. The maximum Gasteiger partial charge on any atom is 0.308 e. The van der Waals surface area contributed by atoms with Crippen LogP contribution in [-0.2, 0) is 19.0 Å². The largest absolute Gasteiger partial charge is 0.460 e. The number of carbonyl (C=O) groups excluding carboxylic acids is 1. The lowest BCUT2D eigenvalue weighted by Crippen LogP contribution is -2.29. The normalized spacial score (nSPS) is 15.6. The summed E-state index contributed by atoms with van der Waals surface area (Å²) in [5.41, 5.74) is -0.159. The van der Waals surface area contributed by atoms with E-state index < -0.39 is 0 Å². The van der Waals surface area contributed by atoms with E-state index in [4.69, 9.17) is 14.2 Å². The maximum absolute atomic E-state index is 11.4. The molecule has 4 heteroatoms. The summed E-state index contributed by atoms with van der Waals surface area (Å²) < 4.78 is 16.4. The molecule has 0 heterocycles. The molecule has 0 saturated heterocycles. The molecule has 0 aliphatic heterocycles. The minimum atomic E-state index is -0.225. The standard InChI is InChI=1S/C14H28O4/c1-10(2)13(15)18-12(4)8-16-11(3)9-17-14(5,6)7/h10-12H,8-9H2,1-7H3. The van der Waals surface area contributed by atoms with E-state index in [-0.39, 0.29) is 29.7 Å². The molecule has 2 unspecified atom stereocenters. The van der Waals surface area contributed by atoms with E-state index in [2.05, 4.69) is 0 Å². The molecule has 0 radical (unpaired) electrons.